The van der Waals surface area contributed by atoms with Gasteiger partial charge in [0.1, 0.15) is 17.5 Å². The van der Waals surface area contributed by atoms with E-state index in [4.69, 9.17) is 16.3 Å². The third kappa shape index (κ3) is 4.47. The zero-order valence-corrected chi connectivity index (χ0v) is 16.8. The van der Waals surface area contributed by atoms with Crippen molar-refractivity contribution in [2.24, 2.45) is 0 Å². The molecule has 0 aliphatic rings. The summed E-state index contributed by atoms with van der Waals surface area (Å²) in [6.45, 7) is 1.47. The van der Waals surface area contributed by atoms with Crippen LogP contribution in [0.15, 0.2) is 59.4 Å². The van der Waals surface area contributed by atoms with Crippen molar-refractivity contribution in [3.05, 3.63) is 80.1 Å². The maximum atomic E-state index is 12.7. The molecule has 9 nitrogen and oxygen atoms in total. The zero-order chi connectivity index (χ0) is 21.8. The first-order chi connectivity index (χ1) is 14.3. The van der Waals surface area contributed by atoms with Gasteiger partial charge in [0.05, 0.1) is 17.7 Å². The summed E-state index contributed by atoms with van der Waals surface area (Å²) in [4.78, 5) is 35.5. The molecule has 0 radical (unpaired) electrons. The third-order valence-electron chi connectivity index (χ3n) is 4.37. The van der Waals surface area contributed by atoms with Gasteiger partial charge in [0.25, 0.3) is 11.2 Å². The molecule has 10 heteroatoms. The molecule has 1 amide bonds. The predicted octanol–water partition coefficient (Wildman–Crippen LogP) is 3.68. The minimum Gasteiger partial charge on any atom is -0.497 e. The van der Waals surface area contributed by atoms with Crippen LogP contribution in [0.25, 0.3) is 11.3 Å². The van der Waals surface area contributed by atoms with Gasteiger partial charge in [0.15, 0.2) is 0 Å². The molecule has 1 unspecified atom stereocenters. The van der Waals surface area contributed by atoms with Gasteiger partial charge in [-0.15, -0.1) is 0 Å². The number of carbonyl (C=O) groups is 1. The van der Waals surface area contributed by atoms with Crippen LogP contribution in [0.4, 0.5) is 11.4 Å². The number of hydrogen-bond donors (Lipinski definition) is 1. The van der Waals surface area contributed by atoms with E-state index in [1.165, 1.54) is 31.2 Å². The highest BCUT2D eigenvalue weighted by atomic mass is 35.5. The Morgan fingerprint density at radius 1 is 1.20 bits per heavy atom. The molecule has 154 valence electrons. The van der Waals surface area contributed by atoms with Gasteiger partial charge in [-0.3, -0.25) is 19.7 Å². The number of nitro groups is 1. The van der Waals surface area contributed by atoms with Gasteiger partial charge in [0.2, 0.25) is 5.91 Å². The Kier molecular flexibility index (Phi) is 6.12. The molecule has 2 aromatic carbocycles. The summed E-state index contributed by atoms with van der Waals surface area (Å²) in [6.07, 6.45) is 0. The molecule has 0 bridgehead atoms. The van der Waals surface area contributed by atoms with Gasteiger partial charge < -0.3 is 10.1 Å². The molecule has 0 fully saturated rings. The van der Waals surface area contributed by atoms with Crippen LogP contribution in [0.3, 0.4) is 0 Å². The number of anilines is 1. The van der Waals surface area contributed by atoms with Crippen molar-refractivity contribution in [3.8, 4) is 17.0 Å². The highest BCUT2D eigenvalue weighted by Gasteiger charge is 2.22. The largest absolute Gasteiger partial charge is 0.497 e. The number of ether oxygens (including phenoxy) is 1. The number of methoxy groups -OCH3 is 1. The predicted molar refractivity (Wildman–Crippen MR) is 112 cm³/mol. The highest BCUT2D eigenvalue weighted by Crippen LogP contribution is 2.28. The summed E-state index contributed by atoms with van der Waals surface area (Å²) in [5.41, 5.74) is 0.333. The second-order valence-corrected chi connectivity index (χ2v) is 6.75. The van der Waals surface area contributed by atoms with Gasteiger partial charge in [-0.05, 0) is 49.4 Å². The zero-order valence-electron chi connectivity index (χ0n) is 16.0. The molecule has 1 N–H and O–H groups in total. The van der Waals surface area contributed by atoms with Crippen molar-refractivity contribution in [1.82, 2.24) is 9.78 Å². The number of amides is 1. The maximum absolute atomic E-state index is 12.7. The van der Waals surface area contributed by atoms with Gasteiger partial charge >= 0.3 is 0 Å². The van der Waals surface area contributed by atoms with Gasteiger partial charge in [-0.2, -0.15) is 5.10 Å². The van der Waals surface area contributed by atoms with Gasteiger partial charge in [-0.1, -0.05) is 11.6 Å². The number of benzene rings is 2. The van der Waals surface area contributed by atoms with Crippen molar-refractivity contribution < 1.29 is 14.5 Å². The quantitative estimate of drug-likeness (QED) is 0.472. The Bertz CT molecular complexity index is 1160. The lowest BCUT2D eigenvalue weighted by atomic mass is 10.1. The fourth-order valence-corrected chi connectivity index (χ4v) is 2.91. The minimum absolute atomic E-state index is 0.0660. The summed E-state index contributed by atoms with van der Waals surface area (Å²) < 4.78 is 6.14. The molecule has 0 aliphatic heterocycles. The summed E-state index contributed by atoms with van der Waals surface area (Å²) in [6, 6.07) is 12.7. The van der Waals surface area contributed by atoms with Crippen molar-refractivity contribution >= 4 is 28.9 Å². The van der Waals surface area contributed by atoms with Gasteiger partial charge in [-0.25, -0.2) is 4.68 Å². The summed E-state index contributed by atoms with van der Waals surface area (Å²) in [5, 5.41) is 18.1. The van der Waals surface area contributed by atoms with E-state index in [-0.39, 0.29) is 16.4 Å². The molecule has 0 aliphatic carbocycles. The fraction of sp³-hybridized carbons (Fsp3) is 0.150. The Balaban J connectivity index is 1.90. The first kappa shape index (κ1) is 21.0. The van der Waals surface area contributed by atoms with E-state index < -0.39 is 22.4 Å². The molecule has 1 aromatic heterocycles. The molecule has 0 saturated heterocycles. The summed E-state index contributed by atoms with van der Waals surface area (Å²) in [7, 11) is 1.55. The molecule has 3 rings (SSSR count). The summed E-state index contributed by atoms with van der Waals surface area (Å²) in [5.74, 6) is 0.0183. The number of hydrogen-bond acceptors (Lipinski definition) is 6. The van der Waals surface area contributed by atoms with Crippen LogP contribution in [0, 0.1) is 10.1 Å². The van der Waals surface area contributed by atoms with E-state index in [9.17, 15) is 19.7 Å². The number of nitrogens with one attached hydrogen (secondary N) is 1. The van der Waals surface area contributed by atoms with Crippen LogP contribution in [-0.4, -0.2) is 27.7 Å². The SMILES string of the molecule is COc1ccc(-c2ccc(=O)n(C(C)C(=O)Nc3cc(Cl)ccc3[N+](=O)[O-])n2)cc1. The smallest absolute Gasteiger partial charge is 0.292 e. The minimum atomic E-state index is -1.03. The van der Waals surface area contributed by atoms with Crippen LogP contribution in [-0.2, 0) is 4.79 Å². The Hall–Kier alpha value is -3.72. The van der Waals surface area contributed by atoms with Gasteiger partial charge in [0, 0.05) is 22.7 Å². The number of nitro benzene ring substituents is 1. The van der Waals surface area contributed by atoms with Crippen LogP contribution in [0.5, 0.6) is 5.75 Å². The average molecular weight is 429 g/mol. The number of aromatic nitrogens is 2. The van der Waals surface area contributed by atoms with E-state index >= 15 is 0 Å². The van der Waals surface area contributed by atoms with E-state index in [2.05, 4.69) is 10.4 Å². The third-order valence-corrected chi connectivity index (χ3v) is 4.61. The molecular weight excluding hydrogens is 412 g/mol. The lowest BCUT2D eigenvalue weighted by Gasteiger charge is -2.15. The number of rotatable bonds is 6. The van der Waals surface area contributed by atoms with Crippen molar-refractivity contribution in [1.29, 1.82) is 0 Å². The Morgan fingerprint density at radius 2 is 1.90 bits per heavy atom. The Labute approximate surface area is 176 Å². The second-order valence-electron chi connectivity index (χ2n) is 6.31. The molecule has 3 aromatic rings. The second kappa shape index (κ2) is 8.75. The topological polar surface area (TPSA) is 116 Å². The molecule has 1 heterocycles. The number of halogens is 1. The van der Waals surface area contributed by atoms with Crippen LogP contribution in [0.1, 0.15) is 13.0 Å². The normalized spacial score (nSPS) is 11.6. The molecule has 0 saturated carbocycles. The molecule has 1 atom stereocenters. The number of nitrogens with zero attached hydrogens (tertiary/aromatic N) is 3. The first-order valence-corrected chi connectivity index (χ1v) is 9.17. The van der Waals surface area contributed by atoms with E-state index in [0.717, 1.165) is 10.2 Å². The first-order valence-electron chi connectivity index (χ1n) is 8.79. The Morgan fingerprint density at radius 3 is 2.53 bits per heavy atom. The molecular formula is C20H17ClN4O5. The van der Waals surface area contributed by atoms with E-state index in [1.807, 2.05) is 0 Å². The monoisotopic (exact) mass is 428 g/mol. The lowest BCUT2D eigenvalue weighted by molar-refractivity contribution is -0.383. The van der Waals surface area contributed by atoms with E-state index in [1.54, 1.807) is 37.4 Å². The van der Waals surface area contributed by atoms with Crippen LogP contribution < -0.4 is 15.6 Å². The van der Waals surface area contributed by atoms with Crippen molar-refractivity contribution in [3.63, 3.8) is 0 Å². The molecule has 0 spiro atoms. The summed E-state index contributed by atoms with van der Waals surface area (Å²) >= 11 is 5.89. The fourth-order valence-electron chi connectivity index (χ4n) is 2.73. The van der Waals surface area contributed by atoms with Crippen LogP contribution >= 0.6 is 11.6 Å². The maximum Gasteiger partial charge on any atom is 0.292 e. The average Bonchev–Trinajstić information content (AvgIpc) is 2.73. The van der Waals surface area contributed by atoms with Crippen molar-refractivity contribution in [2.75, 3.05) is 12.4 Å². The number of carbonyl (C=O) groups excluding carboxylic acids is 1. The highest BCUT2D eigenvalue weighted by molar-refractivity contribution is 6.31. The lowest BCUT2D eigenvalue weighted by Crippen LogP contribution is -2.33. The molecule has 30 heavy (non-hydrogen) atoms. The van der Waals surface area contributed by atoms with E-state index in [0.29, 0.717) is 11.4 Å². The standard InChI is InChI=1S/C20H17ClN4O5/c1-12(20(27)22-17-11-14(21)5-9-18(17)25(28)29)24-19(26)10-8-16(23-24)13-3-6-15(30-2)7-4-13/h3-12H,1-2H3,(H,22,27). The van der Waals surface area contributed by atoms with Crippen molar-refractivity contribution in [2.45, 2.75) is 13.0 Å². The van der Waals surface area contributed by atoms with Crippen LogP contribution in [0.2, 0.25) is 5.02 Å².